The van der Waals surface area contributed by atoms with Gasteiger partial charge in [0.05, 0.1) is 5.92 Å². The van der Waals surface area contributed by atoms with Gasteiger partial charge in [-0.15, -0.1) is 5.06 Å². The van der Waals surface area contributed by atoms with E-state index in [4.69, 9.17) is 4.84 Å². The Morgan fingerprint density at radius 3 is 1.71 bits per heavy atom. The molecule has 0 saturated heterocycles. The van der Waals surface area contributed by atoms with Crippen molar-refractivity contribution in [2.75, 3.05) is 7.05 Å². The lowest BCUT2D eigenvalue weighted by atomic mass is 10.0. The highest BCUT2D eigenvalue weighted by Crippen LogP contribution is 2.15. The number of hydrogen-bond donors (Lipinski definition) is 1. The van der Waals surface area contributed by atoms with Gasteiger partial charge in [0.25, 0.3) is 0 Å². The standard InChI is InChI=1S/C20H41NO3/c1-5-6-7-8-9-10-11-12-13-14-15-16-17-18(2)20(23)24-21(4)19(3)22/h18-19,22H,5-17H2,1-4H3. The molecule has 4 nitrogen and oxygen atoms in total. The molecule has 144 valence electrons. The van der Waals surface area contributed by atoms with Crippen LogP contribution in [0.2, 0.25) is 0 Å². The molecule has 0 bridgehead atoms. The molecule has 0 aromatic carbocycles. The Morgan fingerprint density at radius 2 is 1.29 bits per heavy atom. The minimum absolute atomic E-state index is 0.102. The number of nitrogens with zero attached hydrogens (tertiary/aromatic N) is 1. The first kappa shape index (κ1) is 23.4. The zero-order valence-corrected chi connectivity index (χ0v) is 16.6. The summed E-state index contributed by atoms with van der Waals surface area (Å²) in [5, 5.41) is 10.5. The molecule has 0 aliphatic heterocycles. The van der Waals surface area contributed by atoms with Gasteiger partial charge in [0.1, 0.15) is 6.23 Å². The SMILES string of the molecule is CCCCCCCCCCCCCCC(C)C(=O)ON(C)C(C)O. The van der Waals surface area contributed by atoms with Crippen LogP contribution in [-0.2, 0) is 9.63 Å². The second kappa shape index (κ2) is 15.9. The monoisotopic (exact) mass is 343 g/mol. The lowest BCUT2D eigenvalue weighted by Gasteiger charge is -2.20. The highest BCUT2D eigenvalue weighted by molar-refractivity contribution is 5.71. The van der Waals surface area contributed by atoms with E-state index in [0.717, 1.165) is 12.8 Å². The number of aliphatic hydroxyl groups excluding tert-OH is 1. The quantitative estimate of drug-likeness (QED) is 0.230. The van der Waals surface area contributed by atoms with E-state index >= 15 is 0 Å². The van der Waals surface area contributed by atoms with Crippen molar-refractivity contribution in [1.29, 1.82) is 0 Å². The summed E-state index contributed by atoms with van der Waals surface area (Å²) in [6.07, 6.45) is 16.0. The van der Waals surface area contributed by atoms with Crippen molar-refractivity contribution in [3.05, 3.63) is 0 Å². The first-order valence-electron chi connectivity index (χ1n) is 10.1. The lowest BCUT2D eigenvalue weighted by molar-refractivity contribution is -0.222. The Balaban J connectivity index is 3.38. The van der Waals surface area contributed by atoms with Gasteiger partial charge in [-0.3, -0.25) is 4.79 Å². The van der Waals surface area contributed by atoms with Crippen molar-refractivity contribution in [1.82, 2.24) is 5.06 Å². The summed E-state index contributed by atoms with van der Waals surface area (Å²) in [4.78, 5) is 16.9. The number of carbonyl (C=O) groups is 1. The van der Waals surface area contributed by atoms with E-state index in [0.29, 0.717) is 0 Å². The summed E-state index contributed by atoms with van der Waals surface area (Å²) in [5.74, 6) is -0.351. The first-order valence-corrected chi connectivity index (χ1v) is 10.1. The van der Waals surface area contributed by atoms with Crippen molar-refractivity contribution in [3.8, 4) is 0 Å². The largest absolute Gasteiger partial charge is 0.376 e. The molecule has 0 aromatic rings. The minimum atomic E-state index is -0.771. The van der Waals surface area contributed by atoms with Gasteiger partial charge in [-0.1, -0.05) is 90.9 Å². The summed E-state index contributed by atoms with van der Waals surface area (Å²) in [6.45, 7) is 5.73. The van der Waals surface area contributed by atoms with Gasteiger partial charge >= 0.3 is 5.97 Å². The van der Waals surface area contributed by atoms with Crippen molar-refractivity contribution in [3.63, 3.8) is 0 Å². The minimum Gasteiger partial charge on any atom is -0.376 e. The van der Waals surface area contributed by atoms with Crippen LogP contribution < -0.4 is 0 Å². The zero-order valence-electron chi connectivity index (χ0n) is 16.6. The van der Waals surface area contributed by atoms with Gasteiger partial charge in [0.2, 0.25) is 0 Å². The number of hydrogen-bond acceptors (Lipinski definition) is 4. The van der Waals surface area contributed by atoms with Gasteiger partial charge in [-0.2, -0.15) is 0 Å². The number of rotatable bonds is 16. The van der Waals surface area contributed by atoms with Crippen LogP contribution in [0.4, 0.5) is 0 Å². The third kappa shape index (κ3) is 13.8. The van der Waals surface area contributed by atoms with Crippen LogP contribution in [0.3, 0.4) is 0 Å². The smallest absolute Gasteiger partial charge is 0.327 e. The summed E-state index contributed by atoms with van der Waals surface area (Å²) in [5.41, 5.74) is 0. The van der Waals surface area contributed by atoms with E-state index in [1.54, 1.807) is 14.0 Å². The van der Waals surface area contributed by atoms with Crippen molar-refractivity contribution in [2.45, 2.75) is 110 Å². The third-order valence-corrected chi connectivity index (χ3v) is 4.65. The van der Waals surface area contributed by atoms with Crippen molar-refractivity contribution < 1.29 is 14.7 Å². The van der Waals surface area contributed by atoms with Gasteiger partial charge < -0.3 is 9.94 Å². The normalized spacial score (nSPS) is 13.9. The Hall–Kier alpha value is -0.610. The van der Waals surface area contributed by atoms with Gasteiger partial charge in [0.15, 0.2) is 0 Å². The maximum Gasteiger partial charge on any atom is 0.327 e. The predicted molar refractivity (Wildman–Crippen MR) is 100 cm³/mol. The van der Waals surface area contributed by atoms with Crippen LogP contribution in [0.25, 0.3) is 0 Å². The Morgan fingerprint density at radius 1 is 0.875 bits per heavy atom. The molecule has 0 radical (unpaired) electrons. The molecule has 24 heavy (non-hydrogen) atoms. The van der Waals surface area contributed by atoms with Crippen LogP contribution in [-0.4, -0.2) is 29.4 Å². The fraction of sp³-hybridized carbons (Fsp3) is 0.950. The van der Waals surface area contributed by atoms with Crippen LogP contribution >= 0.6 is 0 Å². The summed E-state index contributed by atoms with van der Waals surface area (Å²) in [6, 6.07) is 0. The Bertz CT molecular complexity index is 295. The molecule has 1 N–H and O–H groups in total. The highest BCUT2D eigenvalue weighted by Gasteiger charge is 2.18. The first-order chi connectivity index (χ1) is 11.5. The van der Waals surface area contributed by atoms with E-state index in [1.165, 1.54) is 75.7 Å². The molecule has 0 heterocycles. The molecule has 0 rings (SSSR count). The second-order valence-electron chi connectivity index (χ2n) is 7.17. The molecule has 4 heteroatoms. The molecule has 0 amide bonds. The zero-order chi connectivity index (χ0) is 18.2. The van der Waals surface area contributed by atoms with Crippen LogP contribution in [0.15, 0.2) is 0 Å². The van der Waals surface area contributed by atoms with Crippen LogP contribution in [0, 0.1) is 5.92 Å². The van der Waals surface area contributed by atoms with E-state index in [-0.39, 0.29) is 11.9 Å². The second-order valence-corrected chi connectivity index (χ2v) is 7.17. The molecule has 0 aliphatic carbocycles. The van der Waals surface area contributed by atoms with Gasteiger partial charge in [-0.25, -0.2) is 0 Å². The fourth-order valence-electron chi connectivity index (χ4n) is 2.72. The highest BCUT2D eigenvalue weighted by atomic mass is 16.7. The average molecular weight is 344 g/mol. The van der Waals surface area contributed by atoms with E-state index < -0.39 is 6.23 Å². The number of unbranched alkanes of at least 4 members (excludes halogenated alkanes) is 11. The third-order valence-electron chi connectivity index (χ3n) is 4.65. The molecule has 0 fully saturated rings. The average Bonchev–Trinajstić information content (AvgIpc) is 2.55. The molecular weight excluding hydrogens is 302 g/mol. The van der Waals surface area contributed by atoms with Crippen molar-refractivity contribution >= 4 is 5.97 Å². The summed E-state index contributed by atoms with van der Waals surface area (Å²) < 4.78 is 0. The van der Waals surface area contributed by atoms with Gasteiger partial charge in [-0.05, 0) is 13.3 Å². The molecule has 0 spiro atoms. The topological polar surface area (TPSA) is 49.8 Å². The van der Waals surface area contributed by atoms with E-state index in [2.05, 4.69) is 6.92 Å². The molecule has 0 saturated carbocycles. The fourth-order valence-corrected chi connectivity index (χ4v) is 2.72. The van der Waals surface area contributed by atoms with E-state index in [9.17, 15) is 9.90 Å². The molecule has 2 atom stereocenters. The summed E-state index contributed by atoms with van der Waals surface area (Å²) >= 11 is 0. The van der Waals surface area contributed by atoms with Gasteiger partial charge in [0, 0.05) is 7.05 Å². The molecular formula is C20H41NO3. The van der Waals surface area contributed by atoms with Crippen LogP contribution in [0.1, 0.15) is 104 Å². The predicted octanol–water partition coefficient (Wildman–Crippen LogP) is 5.44. The molecule has 2 unspecified atom stereocenters. The Kier molecular flexibility index (Phi) is 15.5. The summed E-state index contributed by atoms with van der Waals surface area (Å²) in [7, 11) is 1.57. The maximum atomic E-state index is 11.8. The lowest BCUT2D eigenvalue weighted by Crippen LogP contribution is -2.33. The molecule has 0 aliphatic rings. The van der Waals surface area contributed by atoms with E-state index in [1.807, 2.05) is 6.92 Å². The van der Waals surface area contributed by atoms with Crippen LogP contribution in [0.5, 0.6) is 0 Å². The maximum absolute atomic E-state index is 11.8. The number of hydroxylamine groups is 2. The number of carbonyl (C=O) groups excluding carboxylic acids is 1. The van der Waals surface area contributed by atoms with Crippen molar-refractivity contribution in [2.24, 2.45) is 5.92 Å². The number of aliphatic hydroxyl groups is 1. The molecule has 0 aromatic heterocycles. The Labute approximate surface area is 149 Å².